The molecular weight excluding hydrogens is 380 g/mol. The molecule has 28 heavy (non-hydrogen) atoms. The number of aromatic nitrogens is 4. The molecule has 0 aliphatic heterocycles. The molecule has 0 spiro atoms. The van der Waals surface area contributed by atoms with E-state index in [4.69, 9.17) is 11.6 Å². The van der Waals surface area contributed by atoms with Crippen molar-refractivity contribution in [3.8, 4) is 5.69 Å². The quantitative estimate of drug-likeness (QED) is 0.666. The molecule has 3 aromatic rings. The molecule has 142 valence electrons. The van der Waals surface area contributed by atoms with Gasteiger partial charge >= 0.3 is 0 Å². The summed E-state index contributed by atoms with van der Waals surface area (Å²) < 4.78 is 1.53. The highest BCUT2D eigenvalue weighted by Crippen LogP contribution is 2.24. The zero-order chi connectivity index (χ0) is 19.5. The van der Waals surface area contributed by atoms with Gasteiger partial charge in [-0.25, -0.2) is 4.68 Å². The SMILES string of the molecule is O=C(Cc1ccc(-n2cnnn2)cc1)Nc1ccc(C(=O)NC2CC2)c(Cl)c1. The average Bonchev–Trinajstić information content (AvgIpc) is 3.31. The molecule has 1 fully saturated rings. The van der Waals surface area contributed by atoms with E-state index in [0.717, 1.165) is 24.1 Å². The van der Waals surface area contributed by atoms with Crippen molar-refractivity contribution in [3.05, 3.63) is 64.9 Å². The van der Waals surface area contributed by atoms with Crippen LogP contribution < -0.4 is 10.6 Å². The highest BCUT2D eigenvalue weighted by molar-refractivity contribution is 6.34. The molecule has 1 aliphatic carbocycles. The normalized spacial score (nSPS) is 13.2. The smallest absolute Gasteiger partial charge is 0.253 e. The number of nitrogens with zero attached hydrogens (tertiary/aromatic N) is 4. The summed E-state index contributed by atoms with van der Waals surface area (Å²) in [5.41, 5.74) is 2.61. The Morgan fingerprint density at radius 1 is 1.14 bits per heavy atom. The largest absolute Gasteiger partial charge is 0.349 e. The number of hydrogen-bond acceptors (Lipinski definition) is 5. The third-order valence-corrected chi connectivity index (χ3v) is 4.64. The number of halogens is 1. The molecule has 4 rings (SSSR count). The van der Waals surface area contributed by atoms with E-state index >= 15 is 0 Å². The van der Waals surface area contributed by atoms with Crippen LogP contribution in [0.4, 0.5) is 5.69 Å². The van der Waals surface area contributed by atoms with Gasteiger partial charge in [0, 0.05) is 11.7 Å². The maximum absolute atomic E-state index is 12.3. The number of anilines is 1. The summed E-state index contributed by atoms with van der Waals surface area (Å²) in [5.74, 6) is -0.366. The molecule has 0 radical (unpaired) electrons. The zero-order valence-corrected chi connectivity index (χ0v) is 15.6. The lowest BCUT2D eigenvalue weighted by atomic mass is 10.1. The number of tetrazole rings is 1. The number of hydrogen-bond donors (Lipinski definition) is 2. The van der Waals surface area contributed by atoms with Crippen molar-refractivity contribution in [2.75, 3.05) is 5.32 Å². The minimum atomic E-state index is -0.187. The fourth-order valence-electron chi connectivity index (χ4n) is 2.70. The number of carbonyl (C=O) groups excluding carboxylic acids is 2. The van der Waals surface area contributed by atoms with Crippen LogP contribution in [0.3, 0.4) is 0 Å². The van der Waals surface area contributed by atoms with Crippen molar-refractivity contribution < 1.29 is 9.59 Å². The molecule has 2 amide bonds. The Morgan fingerprint density at radius 2 is 1.93 bits per heavy atom. The van der Waals surface area contributed by atoms with Gasteiger partial charge in [0.15, 0.2) is 0 Å². The number of amides is 2. The van der Waals surface area contributed by atoms with Crippen LogP contribution in [0.5, 0.6) is 0 Å². The van der Waals surface area contributed by atoms with Crippen LogP contribution in [0.25, 0.3) is 5.69 Å². The van der Waals surface area contributed by atoms with Gasteiger partial charge in [-0.1, -0.05) is 23.7 Å². The van der Waals surface area contributed by atoms with Gasteiger partial charge in [-0.3, -0.25) is 9.59 Å². The van der Waals surface area contributed by atoms with Crippen molar-refractivity contribution in [1.29, 1.82) is 0 Å². The topological polar surface area (TPSA) is 102 Å². The third kappa shape index (κ3) is 4.34. The van der Waals surface area contributed by atoms with Crippen LogP contribution in [-0.4, -0.2) is 38.1 Å². The van der Waals surface area contributed by atoms with Crippen LogP contribution >= 0.6 is 11.6 Å². The Hall–Kier alpha value is -3.26. The number of carbonyl (C=O) groups is 2. The van der Waals surface area contributed by atoms with Gasteiger partial charge in [0.05, 0.1) is 22.7 Å². The summed E-state index contributed by atoms with van der Waals surface area (Å²) in [6.45, 7) is 0. The fraction of sp³-hybridized carbons (Fsp3) is 0.211. The molecule has 0 unspecified atom stereocenters. The van der Waals surface area contributed by atoms with Crippen LogP contribution in [0.1, 0.15) is 28.8 Å². The molecule has 2 aromatic carbocycles. The van der Waals surface area contributed by atoms with Crippen molar-refractivity contribution in [1.82, 2.24) is 25.5 Å². The van der Waals surface area contributed by atoms with Gasteiger partial charge in [0.2, 0.25) is 5.91 Å². The molecule has 1 aliphatic rings. The van der Waals surface area contributed by atoms with Gasteiger partial charge in [-0.05, 0) is 59.2 Å². The summed E-state index contributed by atoms with van der Waals surface area (Å²) in [5, 5.41) is 17.0. The summed E-state index contributed by atoms with van der Waals surface area (Å²) >= 11 is 6.21. The first kappa shape index (κ1) is 18.1. The zero-order valence-electron chi connectivity index (χ0n) is 14.8. The highest BCUT2D eigenvalue weighted by Gasteiger charge is 2.24. The van der Waals surface area contributed by atoms with Crippen LogP contribution in [0.2, 0.25) is 5.02 Å². The van der Waals surface area contributed by atoms with Gasteiger partial charge in [0.1, 0.15) is 6.33 Å². The standard InChI is InChI=1S/C19H17ClN6O2/c20-17-10-14(5-8-16(17)19(28)23-13-3-4-13)22-18(27)9-12-1-6-15(7-2-12)26-11-21-24-25-26/h1-2,5-8,10-11,13H,3-4,9H2,(H,22,27)(H,23,28). The van der Waals surface area contributed by atoms with Crippen LogP contribution in [-0.2, 0) is 11.2 Å². The second-order valence-electron chi connectivity index (χ2n) is 6.59. The molecule has 9 heteroatoms. The van der Waals surface area contributed by atoms with Crippen molar-refractivity contribution >= 4 is 29.1 Å². The molecule has 0 bridgehead atoms. The Kier molecular flexibility index (Phi) is 5.03. The first-order valence-corrected chi connectivity index (χ1v) is 9.19. The van der Waals surface area contributed by atoms with Crippen molar-refractivity contribution in [2.24, 2.45) is 0 Å². The van der Waals surface area contributed by atoms with Gasteiger partial charge < -0.3 is 10.6 Å². The Bertz CT molecular complexity index is 1000. The molecule has 1 heterocycles. The lowest BCUT2D eigenvalue weighted by molar-refractivity contribution is -0.115. The monoisotopic (exact) mass is 396 g/mol. The van der Waals surface area contributed by atoms with Crippen LogP contribution in [0, 0.1) is 0 Å². The van der Waals surface area contributed by atoms with E-state index in [1.54, 1.807) is 18.2 Å². The summed E-state index contributed by atoms with van der Waals surface area (Å²) in [4.78, 5) is 24.4. The van der Waals surface area contributed by atoms with E-state index in [1.807, 2.05) is 24.3 Å². The van der Waals surface area contributed by atoms with Gasteiger partial charge in [-0.15, -0.1) is 5.10 Å². The van der Waals surface area contributed by atoms with E-state index in [9.17, 15) is 9.59 Å². The first-order valence-electron chi connectivity index (χ1n) is 8.81. The van der Waals surface area contributed by atoms with Crippen LogP contribution in [0.15, 0.2) is 48.8 Å². The van der Waals surface area contributed by atoms with E-state index < -0.39 is 0 Å². The van der Waals surface area contributed by atoms with Gasteiger partial charge in [0.25, 0.3) is 5.91 Å². The number of benzene rings is 2. The minimum Gasteiger partial charge on any atom is -0.349 e. The summed E-state index contributed by atoms with van der Waals surface area (Å²) in [6, 6.07) is 12.5. The molecule has 0 saturated heterocycles. The second-order valence-corrected chi connectivity index (χ2v) is 7.00. The molecule has 0 atom stereocenters. The van der Waals surface area contributed by atoms with Crippen molar-refractivity contribution in [3.63, 3.8) is 0 Å². The molecule has 8 nitrogen and oxygen atoms in total. The fourth-order valence-corrected chi connectivity index (χ4v) is 2.97. The first-order chi connectivity index (χ1) is 13.6. The predicted octanol–water partition coefficient (Wildman–Crippen LogP) is 2.39. The maximum atomic E-state index is 12.3. The van der Waals surface area contributed by atoms with E-state index in [1.165, 1.54) is 11.0 Å². The minimum absolute atomic E-state index is 0.179. The average molecular weight is 397 g/mol. The molecule has 1 saturated carbocycles. The molecule has 1 aromatic heterocycles. The lowest BCUT2D eigenvalue weighted by Crippen LogP contribution is -2.25. The van der Waals surface area contributed by atoms with Crippen molar-refractivity contribution in [2.45, 2.75) is 25.3 Å². The maximum Gasteiger partial charge on any atom is 0.253 e. The number of nitrogens with one attached hydrogen (secondary N) is 2. The Morgan fingerprint density at radius 3 is 2.57 bits per heavy atom. The predicted molar refractivity (Wildman–Crippen MR) is 103 cm³/mol. The highest BCUT2D eigenvalue weighted by atomic mass is 35.5. The van der Waals surface area contributed by atoms with Gasteiger partial charge in [-0.2, -0.15) is 0 Å². The Balaban J connectivity index is 1.36. The second kappa shape index (κ2) is 7.77. The number of rotatable bonds is 6. The summed E-state index contributed by atoms with van der Waals surface area (Å²) in [6.07, 6.45) is 3.72. The lowest BCUT2D eigenvalue weighted by Gasteiger charge is -2.09. The van der Waals surface area contributed by atoms with E-state index in [2.05, 4.69) is 26.2 Å². The molecule has 2 N–H and O–H groups in total. The third-order valence-electron chi connectivity index (χ3n) is 4.32. The molecular formula is C19H17ClN6O2. The van der Waals surface area contributed by atoms with E-state index in [-0.39, 0.29) is 24.3 Å². The Labute approximate surface area is 165 Å². The van der Waals surface area contributed by atoms with E-state index in [0.29, 0.717) is 16.3 Å². The summed E-state index contributed by atoms with van der Waals surface area (Å²) in [7, 11) is 0.